The molecule has 0 spiro atoms. The summed E-state index contributed by atoms with van der Waals surface area (Å²) in [6, 6.07) is 3.13. The highest BCUT2D eigenvalue weighted by molar-refractivity contribution is 6.11. The molecule has 2 amide bonds. The third kappa shape index (κ3) is 7.79. The zero-order valence-electron chi connectivity index (χ0n) is 20.6. The molecule has 1 saturated carbocycles. The Hall–Kier alpha value is -3.90. The molecule has 0 radical (unpaired) electrons. The van der Waals surface area contributed by atoms with Crippen LogP contribution in [-0.2, 0) is 17.8 Å². The molecule has 0 saturated heterocycles. The fourth-order valence-electron chi connectivity index (χ4n) is 3.48. The van der Waals surface area contributed by atoms with E-state index in [9.17, 15) is 22.8 Å². The van der Waals surface area contributed by atoms with Gasteiger partial charge in [-0.05, 0) is 43.9 Å². The highest BCUT2D eigenvalue weighted by Gasteiger charge is 2.48. The normalized spacial score (nSPS) is 15.3. The summed E-state index contributed by atoms with van der Waals surface area (Å²) in [5.41, 5.74) is 0.543. The van der Waals surface area contributed by atoms with Crippen molar-refractivity contribution in [3.63, 3.8) is 0 Å². The van der Waals surface area contributed by atoms with Crippen molar-refractivity contribution >= 4 is 23.3 Å². The van der Waals surface area contributed by atoms with Gasteiger partial charge in [0.1, 0.15) is 6.17 Å². The zero-order chi connectivity index (χ0) is 27.0. The van der Waals surface area contributed by atoms with Gasteiger partial charge in [-0.1, -0.05) is 17.9 Å². The zero-order valence-corrected chi connectivity index (χ0v) is 20.6. The molecule has 1 aliphatic carbocycles. The number of aromatic nitrogens is 5. The number of allylic oxidation sites excluding steroid dienone is 3. The average molecular weight is 519 g/mol. The van der Waals surface area contributed by atoms with Gasteiger partial charge in [0.05, 0.1) is 24.9 Å². The number of aliphatic imine (C=N–C) groups is 1. The lowest BCUT2D eigenvalue weighted by Gasteiger charge is -2.17. The summed E-state index contributed by atoms with van der Waals surface area (Å²) in [6.07, 6.45) is 3.52. The first-order valence-electron chi connectivity index (χ1n) is 11.7. The van der Waals surface area contributed by atoms with E-state index in [0.717, 1.165) is 6.08 Å². The molecule has 2 aromatic heterocycles. The largest absolute Gasteiger partial charge is 0.354 e. The van der Waals surface area contributed by atoms with Crippen molar-refractivity contribution in [2.24, 2.45) is 10.9 Å². The minimum absolute atomic E-state index is 0.0680. The molecule has 37 heavy (non-hydrogen) atoms. The predicted octanol–water partition coefficient (Wildman–Crippen LogP) is 2.96. The van der Waals surface area contributed by atoms with Crippen LogP contribution in [0, 0.1) is 5.92 Å². The topological polar surface area (TPSA) is 127 Å². The Balaban J connectivity index is 1.48. The minimum atomic E-state index is -3.00. The van der Waals surface area contributed by atoms with E-state index in [1.807, 2.05) is 0 Å². The molecule has 0 aromatic carbocycles. The first-order chi connectivity index (χ1) is 17.7. The number of halogens is 3. The first-order valence-corrected chi connectivity index (χ1v) is 11.7. The molecular weight excluding hydrogens is 489 g/mol. The van der Waals surface area contributed by atoms with Crippen LogP contribution in [0.1, 0.15) is 41.9 Å². The fourth-order valence-corrected chi connectivity index (χ4v) is 3.48. The second-order valence-corrected chi connectivity index (χ2v) is 8.59. The number of aryl methyl sites for hydroxylation is 1. The molecule has 2 heterocycles. The SMILES string of the molecule is C=C/C(=C\C(CC(=O)Nc1ccc(CC[C@@H](F)Cn2cc(C(=O)NC)nn2)nn1)=N/C)C(F)(F)C1CC1. The van der Waals surface area contributed by atoms with Crippen LogP contribution in [-0.4, -0.2) is 68.9 Å². The molecule has 1 aliphatic rings. The van der Waals surface area contributed by atoms with Gasteiger partial charge >= 0.3 is 0 Å². The van der Waals surface area contributed by atoms with E-state index < -0.39 is 29.8 Å². The molecule has 2 N–H and O–H groups in total. The maximum Gasteiger partial charge on any atom is 0.276 e. The summed E-state index contributed by atoms with van der Waals surface area (Å²) in [6.45, 7) is 3.40. The number of anilines is 1. The molecular formula is C24H29F3N8O2. The van der Waals surface area contributed by atoms with Crippen LogP contribution in [0.25, 0.3) is 0 Å². The van der Waals surface area contributed by atoms with E-state index in [4.69, 9.17) is 0 Å². The number of nitrogens with zero attached hydrogens (tertiary/aromatic N) is 6. The van der Waals surface area contributed by atoms with Crippen LogP contribution in [0.15, 0.2) is 47.6 Å². The number of rotatable bonds is 13. The van der Waals surface area contributed by atoms with E-state index in [1.165, 1.54) is 37.1 Å². The van der Waals surface area contributed by atoms with Gasteiger partial charge in [-0.15, -0.1) is 10.2 Å². The lowest BCUT2D eigenvalue weighted by Crippen LogP contribution is -2.23. The molecule has 3 rings (SSSR count). The Morgan fingerprint density at radius 1 is 1.30 bits per heavy atom. The van der Waals surface area contributed by atoms with Crippen molar-refractivity contribution in [1.82, 2.24) is 30.5 Å². The lowest BCUT2D eigenvalue weighted by atomic mass is 10.0. The highest BCUT2D eigenvalue weighted by atomic mass is 19.3. The van der Waals surface area contributed by atoms with Crippen LogP contribution in [0.4, 0.5) is 19.0 Å². The van der Waals surface area contributed by atoms with Gasteiger partial charge in [-0.2, -0.15) is 5.10 Å². The number of nitrogens with one attached hydrogen (secondary N) is 2. The maximum atomic E-state index is 14.4. The Morgan fingerprint density at radius 2 is 2.05 bits per heavy atom. The van der Waals surface area contributed by atoms with E-state index in [2.05, 4.69) is 42.7 Å². The van der Waals surface area contributed by atoms with Crippen molar-refractivity contribution in [2.45, 2.75) is 50.7 Å². The molecule has 198 valence electrons. The Bertz CT molecular complexity index is 1170. The Labute approximate surface area is 212 Å². The molecule has 2 aromatic rings. The second kappa shape index (κ2) is 12.4. The summed E-state index contributed by atoms with van der Waals surface area (Å²) >= 11 is 0. The van der Waals surface area contributed by atoms with Crippen LogP contribution in [0.3, 0.4) is 0 Å². The van der Waals surface area contributed by atoms with Gasteiger partial charge in [0, 0.05) is 31.3 Å². The second-order valence-electron chi connectivity index (χ2n) is 8.59. The van der Waals surface area contributed by atoms with Crippen LogP contribution in [0.5, 0.6) is 0 Å². The summed E-state index contributed by atoms with van der Waals surface area (Å²) in [5, 5.41) is 20.3. The summed E-state index contributed by atoms with van der Waals surface area (Å²) in [7, 11) is 2.88. The van der Waals surface area contributed by atoms with Gasteiger partial charge in [-0.3, -0.25) is 14.6 Å². The Morgan fingerprint density at radius 3 is 2.65 bits per heavy atom. The molecule has 1 fully saturated rings. The van der Waals surface area contributed by atoms with E-state index >= 15 is 0 Å². The molecule has 13 heteroatoms. The number of carbonyl (C=O) groups is 2. The van der Waals surface area contributed by atoms with Crippen LogP contribution >= 0.6 is 0 Å². The quantitative estimate of drug-likeness (QED) is 0.310. The van der Waals surface area contributed by atoms with Gasteiger partial charge in [0.25, 0.3) is 11.8 Å². The Kier molecular flexibility index (Phi) is 9.25. The number of carbonyl (C=O) groups excluding carboxylic acids is 2. The lowest BCUT2D eigenvalue weighted by molar-refractivity contribution is -0.115. The monoisotopic (exact) mass is 518 g/mol. The minimum Gasteiger partial charge on any atom is -0.354 e. The third-order valence-electron chi connectivity index (χ3n) is 5.73. The molecule has 1 atom stereocenters. The van der Waals surface area contributed by atoms with E-state index in [-0.39, 0.29) is 48.6 Å². The third-order valence-corrected chi connectivity index (χ3v) is 5.73. The van der Waals surface area contributed by atoms with Gasteiger partial charge in [0.15, 0.2) is 11.5 Å². The summed E-state index contributed by atoms with van der Waals surface area (Å²) < 4.78 is 44.4. The standard InChI is InChI=1S/C24H29F3N8O2/c1-4-15(24(26,27)16-5-6-16)11-19(28-2)12-22(36)30-21-10-9-18(31-33-21)8-7-17(25)13-35-14-20(32-34-35)23(37)29-3/h4,9-11,14,16-17H,1,5-8,12-13H2,2-3H3,(H,29,37)(H,30,33,36)/b15-11+,28-19+/t17-/m1/s1. The maximum absolute atomic E-state index is 14.4. The summed E-state index contributed by atoms with van der Waals surface area (Å²) in [4.78, 5) is 27.8. The van der Waals surface area contributed by atoms with Crippen LogP contribution in [0.2, 0.25) is 0 Å². The average Bonchev–Trinajstić information content (AvgIpc) is 3.65. The first kappa shape index (κ1) is 27.7. The van der Waals surface area contributed by atoms with Crippen molar-refractivity contribution < 1.29 is 22.8 Å². The number of alkyl halides is 3. The van der Waals surface area contributed by atoms with Crippen LogP contribution < -0.4 is 10.6 Å². The van der Waals surface area contributed by atoms with E-state index in [1.54, 1.807) is 6.07 Å². The van der Waals surface area contributed by atoms with Crippen molar-refractivity contribution in [3.05, 3.63) is 54.0 Å². The number of hydrogen-bond acceptors (Lipinski definition) is 7. The van der Waals surface area contributed by atoms with Crippen molar-refractivity contribution in [3.8, 4) is 0 Å². The fraction of sp³-hybridized carbons (Fsp3) is 0.458. The van der Waals surface area contributed by atoms with Crippen molar-refractivity contribution in [1.29, 1.82) is 0 Å². The van der Waals surface area contributed by atoms with Gasteiger partial charge in [0.2, 0.25) is 5.91 Å². The van der Waals surface area contributed by atoms with Crippen molar-refractivity contribution in [2.75, 3.05) is 19.4 Å². The van der Waals surface area contributed by atoms with E-state index in [0.29, 0.717) is 18.5 Å². The highest BCUT2D eigenvalue weighted by Crippen LogP contribution is 2.47. The smallest absolute Gasteiger partial charge is 0.276 e. The number of hydrogen-bond donors (Lipinski definition) is 2. The van der Waals surface area contributed by atoms with Gasteiger partial charge in [-0.25, -0.2) is 17.9 Å². The molecule has 10 nitrogen and oxygen atoms in total. The summed E-state index contributed by atoms with van der Waals surface area (Å²) in [5.74, 6) is -4.44. The predicted molar refractivity (Wildman–Crippen MR) is 131 cm³/mol. The van der Waals surface area contributed by atoms with Gasteiger partial charge < -0.3 is 10.6 Å². The molecule has 0 unspecified atom stereocenters. The number of amides is 2. The molecule has 0 aliphatic heterocycles. The molecule has 0 bridgehead atoms.